The second-order valence-corrected chi connectivity index (χ2v) is 7.49. The molecule has 1 amide bonds. The Morgan fingerprint density at radius 3 is 2.06 bits per heavy atom. The van der Waals surface area contributed by atoms with Gasteiger partial charge in [-0.3, -0.25) is 9.59 Å². The summed E-state index contributed by atoms with van der Waals surface area (Å²) in [6, 6.07) is 22.2. The van der Waals surface area contributed by atoms with Gasteiger partial charge in [-0.15, -0.1) is 0 Å². The Labute approximate surface area is 193 Å². The molecule has 0 spiro atoms. The van der Waals surface area contributed by atoms with Gasteiger partial charge in [-0.05, 0) is 28.8 Å². The van der Waals surface area contributed by atoms with E-state index in [9.17, 15) is 9.59 Å². The van der Waals surface area contributed by atoms with Gasteiger partial charge >= 0.3 is 5.97 Å². The molecule has 0 saturated carbocycles. The van der Waals surface area contributed by atoms with Crippen molar-refractivity contribution in [3.8, 4) is 11.5 Å². The monoisotopic (exact) mass is 445 g/mol. The van der Waals surface area contributed by atoms with Crippen LogP contribution in [0, 0.1) is 0 Å². The summed E-state index contributed by atoms with van der Waals surface area (Å²) in [5.41, 5.74) is 3.12. The second-order valence-electron chi connectivity index (χ2n) is 7.49. The first-order valence-electron chi connectivity index (χ1n) is 10.5. The SMILES string of the molecule is COc1cc(OC)cc(C(=O)N(CC=Cc2ccccc2)Cc2ccc(CC(=O)O)cc2)c1. The molecule has 0 bridgehead atoms. The molecule has 0 unspecified atom stereocenters. The number of carboxylic acid groups (broad SMARTS) is 1. The molecule has 0 aliphatic heterocycles. The quantitative estimate of drug-likeness (QED) is 0.490. The molecule has 170 valence electrons. The minimum atomic E-state index is -0.877. The number of carbonyl (C=O) groups excluding carboxylic acids is 1. The van der Waals surface area contributed by atoms with Crippen molar-refractivity contribution in [3.05, 3.63) is 101 Å². The maximum absolute atomic E-state index is 13.4. The summed E-state index contributed by atoms with van der Waals surface area (Å²) < 4.78 is 10.6. The average Bonchev–Trinajstić information content (AvgIpc) is 2.84. The molecule has 0 atom stereocenters. The molecule has 3 aromatic carbocycles. The summed E-state index contributed by atoms with van der Waals surface area (Å²) in [5.74, 6) is 0.0307. The molecule has 0 radical (unpaired) electrons. The Hall–Kier alpha value is -4.06. The van der Waals surface area contributed by atoms with E-state index in [4.69, 9.17) is 14.6 Å². The maximum atomic E-state index is 13.4. The minimum Gasteiger partial charge on any atom is -0.497 e. The lowest BCUT2D eigenvalue weighted by molar-refractivity contribution is -0.136. The number of benzene rings is 3. The molecular weight excluding hydrogens is 418 g/mol. The van der Waals surface area contributed by atoms with Crippen molar-refractivity contribution in [2.75, 3.05) is 20.8 Å². The van der Waals surface area contributed by atoms with E-state index in [1.54, 1.807) is 49.5 Å². The topological polar surface area (TPSA) is 76.1 Å². The summed E-state index contributed by atoms with van der Waals surface area (Å²) >= 11 is 0. The van der Waals surface area contributed by atoms with E-state index >= 15 is 0 Å². The molecule has 33 heavy (non-hydrogen) atoms. The highest BCUT2D eigenvalue weighted by Gasteiger charge is 2.17. The van der Waals surface area contributed by atoms with E-state index < -0.39 is 5.97 Å². The molecular formula is C27H27NO5. The van der Waals surface area contributed by atoms with Crippen LogP contribution in [0.15, 0.2) is 78.9 Å². The van der Waals surface area contributed by atoms with Crippen LogP contribution in [0.3, 0.4) is 0 Å². The van der Waals surface area contributed by atoms with Gasteiger partial charge in [-0.1, -0.05) is 66.7 Å². The summed E-state index contributed by atoms with van der Waals surface area (Å²) in [4.78, 5) is 26.1. The highest BCUT2D eigenvalue weighted by atomic mass is 16.5. The van der Waals surface area contributed by atoms with Crippen molar-refractivity contribution in [2.45, 2.75) is 13.0 Å². The summed E-state index contributed by atoms with van der Waals surface area (Å²) in [6.07, 6.45) is 3.89. The lowest BCUT2D eigenvalue weighted by atomic mass is 10.1. The third kappa shape index (κ3) is 6.97. The van der Waals surface area contributed by atoms with Gasteiger partial charge in [-0.2, -0.15) is 0 Å². The number of nitrogens with zero attached hydrogens (tertiary/aromatic N) is 1. The van der Waals surface area contributed by atoms with Gasteiger partial charge in [0.25, 0.3) is 5.91 Å². The van der Waals surface area contributed by atoms with Crippen LogP contribution in [0.5, 0.6) is 11.5 Å². The van der Waals surface area contributed by atoms with E-state index in [0.29, 0.717) is 35.7 Å². The Bertz CT molecular complexity index is 1080. The number of methoxy groups -OCH3 is 2. The van der Waals surface area contributed by atoms with Gasteiger partial charge in [0.15, 0.2) is 0 Å². The van der Waals surface area contributed by atoms with E-state index in [-0.39, 0.29) is 12.3 Å². The van der Waals surface area contributed by atoms with Crippen LogP contribution < -0.4 is 9.47 Å². The summed E-state index contributed by atoms with van der Waals surface area (Å²) in [5, 5.41) is 8.98. The zero-order chi connectivity index (χ0) is 23.6. The number of carbonyl (C=O) groups is 2. The summed E-state index contributed by atoms with van der Waals surface area (Å²) in [6.45, 7) is 0.759. The highest BCUT2D eigenvalue weighted by molar-refractivity contribution is 5.95. The predicted molar refractivity (Wildman–Crippen MR) is 128 cm³/mol. The van der Waals surface area contributed by atoms with Crippen LogP contribution in [0.25, 0.3) is 6.08 Å². The molecule has 6 heteroatoms. The van der Waals surface area contributed by atoms with Crippen LogP contribution in [-0.2, 0) is 17.8 Å². The fourth-order valence-corrected chi connectivity index (χ4v) is 3.37. The lowest BCUT2D eigenvalue weighted by Gasteiger charge is -2.22. The zero-order valence-electron chi connectivity index (χ0n) is 18.7. The summed E-state index contributed by atoms with van der Waals surface area (Å²) in [7, 11) is 3.09. The molecule has 0 aliphatic rings. The Kier molecular flexibility index (Phi) is 8.24. The van der Waals surface area contributed by atoms with Gasteiger partial charge < -0.3 is 19.5 Å². The van der Waals surface area contributed by atoms with Crippen molar-refractivity contribution >= 4 is 18.0 Å². The highest BCUT2D eigenvalue weighted by Crippen LogP contribution is 2.24. The van der Waals surface area contributed by atoms with Crippen molar-refractivity contribution in [1.29, 1.82) is 0 Å². The fraction of sp³-hybridized carbons (Fsp3) is 0.185. The third-order valence-corrected chi connectivity index (χ3v) is 5.07. The van der Waals surface area contributed by atoms with Crippen molar-refractivity contribution in [1.82, 2.24) is 4.90 Å². The normalized spacial score (nSPS) is 10.7. The number of rotatable bonds is 10. The second kappa shape index (κ2) is 11.5. The molecule has 0 heterocycles. The van der Waals surface area contributed by atoms with Gasteiger partial charge in [0, 0.05) is 24.7 Å². The first kappa shape index (κ1) is 23.6. The first-order chi connectivity index (χ1) is 16.0. The van der Waals surface area contributed by atoms with Crippen LogP contribution in [0.4, 0.5) is 0 Å². The van der Waals surface area contributed by atoms with Crippen molar-refractivity contribution < 1.29 is 24.2 Å². The molecule has 0 aromatic heterocycles. The Morgan fingerprint density at radius 1 is 0.879 bits per heavy atom. The van der Waals surface area contributed by atoms with Crippen LogP contribution in [-0.4, -0.2) is 42.6 Å². The molecule has 1 N–H and O–H groups in total. The third-order valence-electron chi connectivity index (χ3n) is 5.07. The van der Waals surface area contributed by atoms with Crippen LogP contribution >= 0.6 is 0 Å². The minimum absolute atomic E-state index is 0.0354. The fourth-order valence-electron chi connectivity index (χ4n) is 3.37. The smallest absolute Gasteiger partial charge is 0.307 e. The standard InChI is InChI=1S/C27H27NO5/c1-32-24-16-23(17-25(18-24)33-2)27(31)28(14-6-9-20-7-4-3-5-8-20)19-22-12-10-21(11-13-22)15-26(29)30/h3-13,16-18H,14-15,19H2,1-2H3,(H,29,30). The van der Waals surface area contributed by atoms with Gasteiger partial charge in [-0.25, -0.2) is 0 Å². The van der Waals surface area contributed by atoms with Crippen molar-refractivity contribution in [3.63, 3.8) is 0 Å². The van der Waals surface area contributed by atoms with Gasteiger partial charge in [0.05, 0.1) is 20.6 Å². The molecule has 0 aliphatic carbocycles. The van der Waals surface area contributed by atoms with E-state index in [0.717, 1.165) is 11.1 Å². The molecule has 3 aromatic rings. The van der Waals surface area contributed by atoms with Crippen LogP contribution in [0.2, 0.25) is 0 Å². The number of amides is 1. The van der Waals surface area contributed by atoms with Gasteiger partial charge in [0.2, 0.25) is 0 Å². The first-order valence-corrected chi connectivity index (χ1v) is 10.5. The number of carboxylic acids is 1. The van der Waals surface area contributed by atoms with E-state index in [1.165, 1.54) is 0 Å². The average molecular weight is 446 g/mol. The van der Waals surface area contributed by atoms with Crippen LogP contribution in [0.1, 0.15) is 27.0 Å². The Balaban J connectivity index is 1.85. The van der Waals surface area contributed by atoms with E-state index in [1.807, 2.05) is 54.6 Å². The molecule has 3 rings (SSSR count). The lowest BCUT2D eigenvalue weighted by Crippen LogP contribution is -2.30. The van der Waals surface area contributed by atoms with Gasteiger partial charge in [0.1, 0.15) is 11.5 Å². The van der Waals surface area contributed by atoms with Crippen molar-refractivity contribution in [2.24, 2.45) is 0 Å². The maximum Gasteiger partial charge on any atom is 0.307 e. The Morgan fingerprint density at radius 2 is 1.48 bits per heavy atom. The number of aliphatic carboxylic acids is 1. The number of hydrogen-bond acceptors (Lipinski definition) is 4. The molecule has 6 nitrogen and oxygen atoms in total. The predicted octanol–water partition coefficient (Wildman–Crippen LogP) is 4.69. The molecule has 0 saturated heterocycles. The molecule has 0 fully saturated rings. The largest absolute Gasteiger partial charge is 0.497 e. The zero-order valence-corrected chi connectivity index (χ0v) is 18.7. The number of ether oxygens (including phenoxy) is 2. The van der Waals surface area contributed by atoms with E-state index in [2.05, 4.69) is 0 Å². The number of hydrogen-bond donors (Lipinski definition) is 1.